The highest BCUT2D eigenvalue weighted by Gasteiger charge is 2.31. The van der Waals surface area contributed by atoms with Gasteiger partial charge >= 0.3 is 5.97 Å². The van der Waals surface area contributed by atoms with E-state index >= 15 is 0 Å². The Morgan fingerprint density at radius 1 is 1.09 bits per heavy atom. The average molecular weight is 632 g/mol. The fraction of sp³-hybridized carbons (Fsp3) is 0.212. The molecule has 5 N–H and O–H groups in total. The summed E-state index contributed by atoms with van der Waals surface area (Å²) in [6, 6.07) is 18.0. The minimum Gasteiger partial charge on any atom is -0.423 e. The van der Waals surface area contributed by atoms with Gasteiger partial charge in [0.15, 0.2) is 5.82 Å². The third-order valence-electron chi connectivity index (χ3n) is 7.84. The van der Waals surface area contributed by atoms with Gasteiger partial charge in [-0.25, -0.2) is 14.8 Å². The van der Waals surface area contributed by atoms with Crippen molar-refractivity contribution in [2.75, 3.05) is 23.7 Å². The van der Waals surface area contributed by atoms with E-state index in [0.717, 1.165) is 48.7 Å². The predicted octanol–water partition coefficient (Wildman–Crippen LogP) is 6.04. The van der Waals surface area contributed by atoms with Crippen molar-refractivity contribution in [3.05, 3.63) is 101 Å². The SMILES string of the molecule is C=CC(=O)Oc1ccc(-c2ccc(CNC3(C)CCN(c4cnc(-c5cccc(Cl)c5Cl)c(N)n4)CC3)c(C(N)=O)c2)cc1. The quantitative estimate of drug-likeness (QED) is 0.116. The number of rotatable bonds is 9. The molecule has 2 heterocycles. The summed E-state index contributed by atoms with van der Waals surface area (Å²) < 4.78 is 5.14. The Bertz CT molecular complexity index is 1720. The molecule has 3 aromatic carbocycles. The average Bonchev–Trinajstić information content (AvgIpc) is 3.02. The lowest BCUT2D eigenvalue weighted by molar-refractivity contribution is -0.128. The number of anilines is 2. The molecule has 1 aromatic heterocycles. The Morgan fingerprint density at radius 2 is 1.80 bits per heavy atom. The Morgan fingerprint density at radius 3 is 2.45 bits per heavy atom. The first kappa shape index (κ1) is 31.0. The maximum Gasteiger partial charge on any atom is 0.335 e. The Hall–Kier alpha value is -4.44. The van der Waals surface area contributed by atoms with Crippen molar-refractivity contribution in [2.45, 2.75) is 31.8 Å². The van der Waals surface area contributed by atoms with Crippen LogP contribution in [0.1, 0.15) is 35.7 Å². The molecule has 0 unspecified atom stereocenters. The number of hydrogen-bond acceptors (Lipinski definition) is 8. The summed E-state index contributed by atoms with van der Waals surface area (Å²) in [5.74, 6) is 0.359. The van der Waals surface area contributed by atoms with E-state index in [1.165, 1.54) is 0 Å². The zero-order valence-electron chi connectivity index (χ0n) is 24.1. The minimum atomic E-state index is -0.530. The molecule has 5 rings (SSSR count). The molecular formula is C33H32Cl2N6O3. The van der Waals surface area contributed by atoms with E-state index in [4.69, 9.17) is 39.4 Å². The maximum absolute atomic E-state index is 12.4. The number of nitrogens with one attached hydrogen (secondary N) is 1. The molecule has 11 heteroatoms. The number of hydrogen-bond donors (Lipinski definition) is 3. The standard InChI is InChI=1S/C33H32Cl2N6O3/c1-3-28(42)44-23-11-9-20(10-12-23)21-7-8-22(25(17-21)32(37)43)18-39-33(2)13-15-41(16-14-33)27-19-38-30(31(36)40-27)24-5-4-6-26(34)29(24)35/h3-12,17,19,39H,1,13-16,18H2,2H3,(H2,36,40)(H2,37,43). The largest absolute Gasteiger partial charge is 0.423 e. The van der Waals surface area contributed by atoms with E-state index < -0.39 is 11.9 Å². The molecule has 1 aliphatic heterocycles. The second kappa shape index (κ2) is 13.1. The van der Waals surface area contributed by atoms with Crippen LogP contribution >= 0.6 is 23.2 Å². The first-order valence-electron chi connectivity index (χ1n) is 14.0. The minimum absolute atomic E-state index is 0.171. The highest BCUT2D eigenvalue weighted by Crippen LogP contribution is 2.35. The number of halogens is 2. The molecular weight excluding hydrogens is 599 g/mol. The first-order chi connectivity index (χ1) is 21.1. The van der Waals surface area contributed by atoms with E-state index in [0.29, 0.717) is 45.0 Å². The number of esters is 1. The summed E-state index contributed by atoms with van der Waals surface area (Å²) in [4.78, 5) is 35.2. The molecule has 44 heavy (non-hydrogen) atoms. The summed E-state index contributed by atoms with van der Waals surface area (Å²) in [5.41, 5.74) is 16.0. The molecule has 0 saturated carbocycles. The molecule has 1 fully saturated rings. The topological polar surface area (TPSA) is 136 Å². The van der Waals surface area contributed by atoms with Crippen LogP contribution in [0.3, 0.4) is 0 Å². The number of piperidine rings is 1. The maximum atomic E-state index is 12.4. The van der Waals surface area contributed by atoms with Crippen LogP contribution in [0.15, 0.2) is 79.5 Å². The second-order valence-electron chi connectivity index (χ2n) is 10.9. The number of benzene rings is 3. The van der Waals surface area contributed by atoms with Gasteiger partial charge in [-0.15, -0.1) is 0 Å². The van der Waals surface area contributed by atoms with Crippen molar-refractivity contribution in [1.82, 2.24) is 15.3 Å². The molecule has 0 bridgehead atoms. The van der Waals surface area contributed by atoms with E-state index in [9.17, 15) is 9.59 Å². The Balaban J connectivity index is 1.23. The van der Waals surface area contributed by atoms with Crippen LogP contribution in [0.25, 0.3) is 22.4 Å². The van der Waals surface area contributed by atoms with Crippen molar-refractivity contribution in [3.8, 4) is 28.1 Å². The lowest BCUT2D eigenvalue weighted by Gasteiger charge is -2.40. The molecule has 9 nitrogen and oxygen atoms in total. The fourth-order valence-corrected chi connectivity index (χ4v) is 5.56. The smallest absolute Gasteiger partial charge is 0.335 e. The molecule has 0 spiro atoms. The normalized spacial score (nSPS) is 14.2. The van der Waals surface area contributed by atoms with Gasteiger partial charge in [-0.2, -0.15) is 0 Å². The van der Waals surface area contributed by atoms with E-state index in [2.05, 4.69) is 33.7 Å². The summed E-state index contributed by atoms with van der Waals surface area (Å²) in [6.07, 6.45) is 4.49. The van der Waals surface area contributed by atoms with Gasteiger partial charge in [0.25, 0.3) is 0 Å². The van der Waals surface area contributed by atoms with Gasteiger partial charge in [-0.1, -0.05) is 66.2 Å². The number of nitrogens with zero attached hydrogens (tertiary/aromatic N) is 3. The number of carbonyl (C=O) groups excluding carboxylic acids is 2. The van der Waals surface area contributed by atoms with Crippen LogP contribution in [0, 0.1) is 0 Å². The highest BCUT2D eigenvalue weighted by molar-refractivity contribution is 6.43. The number of amides is 1. The fourth-order valence-electron chi connectivity index (χ4n) is 5.17. The monoisotopic (exact) mass is 630 g/mol. The number of aromatic nitrogens is 2. The molecule has 1 aliphatic rings. The van der Waals surface area contributed by atoms with Gasteiger partial charge in [-0.05, 0) is 60.7 Å². The van der Waals surface area contributed by atoms with Crippen LogP contribution in [0.5, 0.6) is 5.75 Å². The number of nitrogens with two attached hydrogens (primary N) is 2. The zero-order chi connectivity index (χ0) is 31.4. The van der Waals surface area contributed by atoms with Crippen molar-refractivity contribution in [1.29, 1.82) is 0 Å². The molecule has 4 aromatic rings. The number of nitrogen functional groups attached to an aromatic ring is 1. The first-order valence-corrected chi connectivity index (χ1v) is 14.8. The van der Waals surface area contributed by atoms with Crippen LogP contribution < -0.4 is 26.4 Å². The summed E-state index contributed by atoms with van der Waals surface area (Å²) >= 11 is 12.5. The van der Waals surface area contributed by atoms with Gasteiger partial charge in [0, 0.05) is 42.4 Å². The van der Waals surface area contributed by atoms with Crippen LogP contribution in [-0.4, -0.2) is 40.5 Å². The Kier molecular flexibility index (Phi) is 9.20. The third kappa shape index (κ3) is 6.86. The summed E-state index contributed by atoms with van der Waals surface area (Å²) in [5, 5.41) is 4.46. The van der Waals surface area contributed by atoms with E-state index in [1.54, 1.807) is 36.5 Å². The van der Waals surface area contributed by atoms with Gasteiger partial charge in [-0.3, -0.25) is 4.79 Å². The molecule has 0 aliphatic carbocycles. The van der Waals surface area contributed by atoms with Gasteiger partial charge in [0.2, 0.25) is 5.91 Å². The van der Waals surface area contributed by atoms with Crippen molar-refractivity contribution in [2.24, 2.45) is 5.73 Å². The molecule has 1 amide bonds. The Labute approximate surface area is 265 Å². The molecule has 0 atom stereocenters. The number of ether oxygens (including phenoxy) is 1. The van der Waals surface area contributed by atoms with Crippen LogP contribution in [0.2, 0.25) is 10.0 Å². The van der Waals surface area contributed by atoms with Crippen molar-refractivity contribution in [3.63, 3.8) is 0 Å². The van der Waals surface area contributed by atoms with Gasteiger partial charge in [0.1, 0.15) is 17.3 Å². The molecule has 226 valence electrons. The van der Waals surface area contributed by atoms with Crippen LogP contribution in [-0.2, 0) is 11.3 Å². The van der Waals surface area contributed by atoms with Crippen molar-refractivity contribution >= 4 is 46.7 Å². The second-order valence-corrected chi connectivity index (χ2v) is 11.6. The summed E-state index contributed by atoms with van der Waals surface area (Å²) in [6.45, 7) is 7.54. The van der Waals surface area contributed by atoms with Gasteiger partial charge in [0.05, 0.1) is 16.2 Å². The predicted molar refractivity (Wildman–Crippen MR) is 175 cm³/mol. The third-order valence-corrected chi connectivity index (χ3v) is 8.66. The lowest BCUT2D eigenvalue weighted by atomic mass is 9.89. The summed E-state index contributed by atoms with van der Waals surface area (Å²) in [7, 11) is 0. The van der Waals surface area contributed by atoms with Crippen LogP contribution in [0.4, 0.5) is 11.6 Å². The number of primary amides is 1. The van der Waals surface area contributed by atoms with Gasteiger partial charge < -0.3 is 26.4 Å². The highest BCUT2D eigenvalue weighted by atomic mass is 35.5. The molecule has 1 saturated heterocycles. The number of carbonyl (C=O) groups is 2. The van der Waals surface area contributed by atoms with E-state index in [1.807, 2.05) is 30.3 Å². The van der Waals surface area contributed by atoms with E-state index in [-0.39, 0.29) is 11.4 Å². The zero-order valence-corrected chi connectivity index (χ0v) is 25.7. The van der Waals surface area contributed by atoms with Crippen molar-refractivity contribution < 1.29 is 14.3 Å². The lowest BCUT2D eigenvalue weighted by Crippen LogP contribution is -2.51. The molecule has 0 radical (unpaired) electrons.